The van der Waals surface area contributed by atoms with E-state index in [1.165, 1.54) is 25.7 Å². The Kier molecular flexibility index (Phi) is 1.56. The molecule has 0 aromatic heterocycles. The van der Waals surface area contributed by atoms with Crippen LogP contribution in [0.25, 0.3) is 0 Å². The van der Waals surface area contributed by atoms with Crippen LogP contribution >= 0.6 is 0 Å². The molecule has 88 valence electrons. The number of rotatable bonds is 1. The highest BCUT2D eigenvalue weighted by Crippen LogP contribution is 2.84. The first-order valence-electron chi connectivity index (χ1n) is 6.93. The topological polar surface area (TPSA) is 20.2 Å². The van der Waals surface area contributed by atoms with Crippen molar-refractivity contribution in [3.63, 3.8) is 0 Å². The average molecular weight is 218 g/mol. The summed E-state index contributed by atoms with van der Waals surface area (Å²) in [5.74, 6) is 3.26. The zero-order chi connectivity index (χ0) is 11.1. The first-order valence-corrected chi connectivity index (χ1v) is 6.93. The number of hydrogen-bond donors (Lipinski definition) is 1. The first-order chi connectivity index (χ1) is 7.62. The van der Waals surface area contributed by atoms with Gasteiger partial charge in [-0.05, 0) is 60.2 Å². The summed E-state index contributed by atoms with van der Waals surface area (Å²) >= 11 is 0. The molecule has 16 heavy (non-hydrogen) atoms. The highest BCUT2D eigenvalue weighted by molar-refractivity contribution is 5.41. The second-order valence-electron chi connectivity index (χ2n) is 7.14. The van der Waals surface area contributed by atoms with Gasteiger partial charge in [-0.15, -0.1) is 0 Å². The van der Waals surface area contributed by atoms with Gasteiger partial charge in [-0.2, -0.15) is 0 Å². The molecule has 0 aromatic rings. The van der Waals surface area contributed by atoms with Gasteiger partial charge >= 0.3 is 0 Å². The van der Waals surface area contributed by atoms with E-state index >= 15 is 0 Å². The number of hydrogen-bond acceptors (Lipinski definition) is 1. The molecule has 4 aliphatic rings. The summed E-state index contributed by atoms with van der Waals surface area (Å²) in [6.07, 6.45) is 7.84. The Morgan fingerprint density at radius 3 is 3.00 bits per heavy atom. The monoisotopic (exact) mass is 218 g/mol. The molecule has 1 N–H and O–H groups in total. The van der Waals surface area contributed by atoms with Crippen LogP contribution in [0.15, 0.2) is 11.6 Å². The van der Waals surface area contributed by atoms with E-state index in [2.05, 4.69) is 19.9 Å². The number of aliphatic hydroxyl groups is 1. The normalized spacial score (nSPS) is 61.6. The molecule has 1 nitrogen and oxygen atoms in total. The van der Waals surface area contributed by atoms with E-state index in [0.29, 0.717) is 23.4 Å². The van der Waals surface area contributed by atoms with Crippen molar-refractivity contribution in [1.29, 1.82) is 0 Å². The van der Waals surface area contributed by atoms with E-state index in [0.717, 1.165) is 17.8 Å². The van der Waals surface area contributed by atoms with Crippen molar-refractivity contribution in [2.24, 2.45) is 34.5 Å². The minimum Gasteiger partial charge on any atom is -0.396 e. The predicted molar refractivity (Wildman–Crippen MR) is 63.8 cm³/mol. The van der Waals surface area contributed by atoms with Crippen LogP contribution in [0.3, 0.4) is 0 Å². The molecule has 0 heterocycles. The van der Waals surface area contributed by atoms with Gasteiger partial charge in [0.15, 0.2) is 0 Å². The molecule has 4 rings (SSSR count). The first kappa shape index (κ1) is 9.70. The largest absolute Gasteiger partial charge is 0.396 e. The second kappa shape index (κ2) is 2.58. The third-order valence-corrected chi connectivity index (χ3v) is 6.62. The maximum absolute atomic E-state index is 9.59. The molecular weight excluding hydrogens is 196 g/mol. The van der Waals surface area contributed by atoms with E-state index in [4.69, 9.17) is 0 Å². The van der Waals surface area contributed by atoms with Crippen molar-refractivity contribution < 1.29 is 5.11 Å². The quantitative estimate of drug-likeness (QED) is 0.671. The van der Waals surface area contributed by atoms with Crippen LogP contribution in [0, 0.1) is 34.5 Å². The third kappa shape index (κ3) is 0.860. The molecule has 0 spiro atoms. The van der Waals surface area contributed by atoms with Crippen molar-refractivity contribution in [2.75, 3.05) is 6.61 Å². The maximum Gasteiger partial charge on any atom is 0.0465 e. The molecule has 0 amide bonds. The fourth-order valence-electron chi connectivity index (χ4n) is 5.41. The van der Waals surface area contributed by atoms with Gasteiger partial charge < -0.3 is 5.11 Å². The highest BCUT2D eigenvalue weighted by Gasteiger charge is 2.77. The van der Waals surface area contributed by atoms with Gasteiger partial charge in [-0.3, -0.25) is 0 Å². The molecule has 0 aromatic carbocycles. The standard InChI is InChI=1S/C15H22O/c1-14-8-15(14,2)12-6-10(12)13-9(7-16)4-3-5-11(13)14/h5,9-10,12-13,16H,3-4,6-8H2,1-2H3. The second-order valence-corrected chi connectivity index (χ2v) is 7.14. The lowest BCUT2D eigenvalue weighted by Gasteiger charge is -2.41. The summed E-state index contributed by atoms with van der Waals surface area (Å²) < 4.78 is 0. The van der Waals surface area contributed by atoms with E-state index in [9.17, 15) is 5.11 Å². The summed E-state index contributed by atoms with van der Waals surface area (Å²) in [7, 11) is 0. The highest BCUT2D eigenvalue weighted by atomic mass is 16.3. The molecular formula is C15H22O. The average Bonchev–Trinajstić information content (AvgIpc) is 3.14. The third-order valence-electron chi connectivity index (χ3n) is 6.62. The Morgan fingerprint density at radius 2 is 2.25 bits per heavy atom. The van der Waals surface area contributed by atoms with Crippen LogP contribution in [-0.4, -0.2) is 11.7 Å². The van der Waals surface area contributed by atoms with Crippen LogP contribution in [0.2, 0.25) is 0 Å². The van der Waals surface area contributed by atoms with Gasteiger partial charge in [0.2, 0.25) is 0 Å². The lowest BCUT2D eigenvalue weighted by atomic mass is 9.64. The van der Waals surface area contributed by atoms with E-state index < -0.39 is 0 Å². The number of fused-ring (bicyclic) bond motifs is 6. The van der Waals surface area contributed by atoms with Crippen molar-refractivity contribution in [2.45, 2.75) is 39.5 Å². The molecule has 3 saturated carbocycles. The lowest BCUT2D eigenvalue weighted by Crippen LogP contribution is -2.35. The van der Waals surface area contributed by atoms with E-state index in [1.807, 2.05) is 0 Å². The Morgan fingerprint density at radius 1 is 1.44 bits per heavy atom. The Balaban J connectivity index is 1.79. The van der Waals surface area contributed by atoms with Gasteiger partial charge in [0.05, 0.1) is 0 Å². The lowest BCUT2D eigenvalue weighted by molar-refractivity contribution is 0.129. The summed E-state index contributed by atoms with van der Waals surface area (Å²) in [5.41, 5.74) is 2.90. The fourth-order valence-corrected chi connectivity index (χ4v) is 5.41. The van der Waals surface area contributed by atoms with E-state index in [-0.39, 0.29) is 0 Å². The van der Waals surface area contributed by atoms with Crippen molar-refractivity contribution >= 4 is 0 Å². The molecule has 4 aliphatic carbocycles. The van der Waals surface area contributed by atoms with Gasteiger partial charge in [0.25, 0.3) is 0 Å². The van der Waals surface area contributed by atoms with Crippen LogP contribution in [0.4, 0.5) is 0 Å². The Hall–Kier alpha value is -0.300. The minimum atomic E-state index is 0.415. The van der Waals surface area contributed by atoms with Crippen molar-refractivity contribution in [3.05, 3.63) is 11.6 Å². The summed E-state index contributed by atoms with van der Waals surface area (Å²) in [6.45, 7) is 5.41. The van der Waals surface area contributed by atoms with Gasteiger partial charge in [0, 0.05) is 6.61 Å². The number of aliphatic hydroxyl groups excluding tert-OH is 1. The Labute approximate surface area is 97.9 Å². The van der Waals surface area contributed by atoms with Crippen molar-refractivity contribution in [3.8, 4) is 0 Å². The molecule has 3 fully saturated rings. The van der Waals surface area contributed by atoms with E-state index in [1.54, 1.807) is 5.57 Å². The molecule has 0 aliphatic heterocycles. The smallest absolute Gasteiger partial charge is 0.0465 e. The fraction of sp³-hybridized carbons (Fsp3) is 0.867. The minimum absolute atomic E-state index is 0.415. The SMILES string of the molecule is CC12CC1(C)C1CC1C1C2=CCCC1CO. The van der Waals surface area contributed by atoms with Crippen molar-refractivity contribution in [1.82, 2.24) is 0 Å². The maximum atomic E-state index is 9.59. The van der Waals surface area contributed by atoms with Gasteiger partial charge in [-0.1, -0.05) is 25.5 Å². The van der Waals surface area contributed by atoms with Crippen LogP contribution in [-0.2, 0) is 0 Å². The van der Waals surface area contributed by atoms with Gasteiger partial charge in [0.1, 0.15) is 0 Å². The zero-order valence-electron chi connectivity index (χ0n) is 10.4. The zero-order valence-corrected chi connectivity index (χ0v) is 10.4. The summed E-state index contributed by atoms with van der Waals surface area (Å²) in [5, 5.41) is 9.59. The molecule has 0 saturated heterocycles. The molecule has 6 atom stereocenters. The molecule has 1 heteroatoms. The van der Waals surface area contributed by atoms with Crippen LogP contribution in [0.5, 0.6) is 0 Å². The molecule has 0 radical (unpaired) electrons. The Bertz CT molecular complexity index is 385. The molecule has 6 unspecified atom stereocenters. The van der Waals surface area contributed by atoms with Crippen LogP contribution < -0.4 is 0 Å². The van der Waals surface area contributed by atoms with Gasteiger partial charge in [-0.25, -0.2) is 0 Å². The molecule has 0 bridgehead atoms. The summed E-state index contributed by atoms with van der Waals surface area (Å²) in [6, 6.07) is 0. The predicted octanol–water partition coefficient (Wildman–Crippen LogP) is 3.00. The number of allylic oxidation sites excluding steroid dienone is 2. The van der Waals surface area contributed by atoms with Crippen LogP contribution in [0.1, 0.15) is 39.5 Å². The summed E-state index contributed by atoms with van der Waals surface area (Å²) in [4.78, 5) is 0.